The average molecular weight is 374 g/mol. The summed E-state index contributed by atoms with van der Waals surface area (Å²) in [5.41, 5.74) is 2.61. The predicted octanol–water partition coefficient (Wildman–Crippen LogP) is 3.43. The third-order valence-corrected chi connectivity index (χ3v) is 5.64. The van der Waals surface area contributed by atoms with Crippen LogP contribution in [0, 0.1) is 0 Å². The van der Waals surface area contributed by atoms with Gasteiger partial charge in [-0.15, -0.1) is 0 Å². The fraction of sp³-hybridized carbons (Fsp3) is 0.294. The van der Waals surface area contributed by atoms with Gasteiger partial charge in [0.1, 0.15) is 0 Å². The number of likely N-dealkylation sites (N-methyl/N-ethyl adjacent to an activating group) is 1. The summed E-state index contributed by atoms with van der Waals surface area (Å²) in [7, 11) is 2.20. The summed E-state index contributed by atoms with van der Waals surface area (Å²) in [6, 6.07) is 12.7. The first-order valence-corrected chi connectivity index (χ1v) is 8.97. The zero-order valence-electron chi connectivity index (χ0n) is 11.8. The van der Waals surface area contributed by atoms with Crippen molar-refractivity contribution in [2.75, 3.05) is 20.1 Å². The molecule has 4 heteroatoms. The number of rotatable bonds is 0. The second-order valence-corrected chi connectivity index (χ2v) is 8.09. The second kappa shape index (κ2) is 5.35. The standard InChI is InChI=1S/C17H15ClNO.Y/c1-19-9-14-12-4-2-3-5-16(12)20-17-7-6-11(18)8-13(17)15(14)10-19;/h3-8,14-15H,9-10H2,1H3;/t14-,15-;/m1./s1. The monoisotopic (exact) mass is 373 g/mol. The van der Waals surface area contributed by atoms with Crippen molar-refractivity contribution in [1.82, 2.24) is 4.90 Å². The van der Waals surface area contributed by atoms with Gasteiger partial charge in [0.05, 0.1) is 0 Å². The summed E-state index contributed by atoms with van der Waals surface area (Å²) < 4.78 is 7.64. The van der Waals surface area contributed by atoms with Crippen molar-refractivity contribution in [3.63, 3.8) is 0 Å². The Morgan fingerprint density at radius 1 is 1.05 bits per heavy atom. The Morgan fingerprint density at radius 3 is 2.38 bits per heavy atom. The molecule has 1 fully saturated rings. The number of fused-ring (bicyclic) bond motifs is 5. The van der Waals surface area contributed by atoms with Gasteiger partial charge in [0, 0.05) is 0 Å². The summed E-state index contributed by atoms with van der Waals surface area (Å²) in [4.78, 5) is 2.41. The van der Waals surface area contributed by atoms with Crippen LogP contribution in [0.5, 0.6) is 11.5 Å². The van der Waals surface area contributed by atoms with E-state index < -0.39 is 0 Å². The minimum atomic E-state index is 0.465. The minimum absolute atomic E-state index is 0.465. The normalized spacial score (nSPS) is 23.7. The van der Waals surface area contributed by atoms with Crippen LogP contribution < -0.4 is 7.11 Å². The molecule has 2 aromatic rings. The first-order valence-electron chi connectivity index (χ1n) is 7.17. The van der Waals surface area contributed by atoms with Crippen LogP contribution in [0.15, 0.2) is 36.4 Å². The number of benzene rings is 2. The van der Waals surface area contributed by atoms with Crippen molar-refractivity contribution in [2.45, 2.75) is 11.8 Å². The molecule has 21 heavy (non-hydrogen) atoms. The van der Waals surface area contributed by atoms with E-state index in [1.54, 1.807) is 0 Å². The fourth-order valence-electron chi connectivity index (χ4n) is 3.60. The van der Waals surface area contributed by atoms with E-state index in [0.717, 1.165) is 60.6 Å². The van der Waals surface area contributed by atoms with Gasteiger partial charge in [0.2, 0.25) is 0 Å². The Bertz CT molecular complexity index is 658. The van der Waals surface area contributed by atoms with Gasteiger partial charge in [-0.05, 0) is 0 Å². The topological polar surface area (TPSA) is 12.5 Å². The molecule has 0 bridgehead atoms. The van der Waals surface area contributed by atoms with Crippen molar-refractivity contribution < 1.29 is 35.7 Å². The molecule has 0 aromatic heterocycles. The Kier molecular flexibility index (Phi) is 3.62. The molecule has 2 nitrogen and oxygen atoms in total. The van der Waals surface area contributed by atoms with E-state index in [2.05, 4.69) is 36.2 Å². The van der Waals surface area contributed by atoms with Crippen LogP contribution in [-0.4, -0.2) is 25.0 Å². The van der Waals surface area contributed by atoms with Crippen LogP contribution in [-0.2, 0) is 31.0 Å². The zero-order valence-corrected chi connectivity index (χ0v) is 15.4. The van der Waals surface area contributed by atoms with Gasteiger partial charge in [-0.3, -0.25) is 0 Å². The summed E-state index contributed by atoms with van der Waals surface area (Å²) in [5, 5.41) is 0.791. The molecular formula is C17H15ClNOY. The van der Waals surface area contributed by atoms with Crippen molar-refractivity contribution in [1.29, 1.82) is 0 Å². The Hall–Kier alpha value is -0.406. The van der Waals surface area contributed by atoms with Gasteiger partial charge < -0.3 is 0 Å². The molecule has 2 heterocycles. The second-order valence-electron chi connectivity index (χ2n) is 6.02. The van der Waals surface area contributed by atoms with E-state index in [0.29, 0.717) is 11.8 Å². The molecule has 2 aliphatic heterocycles. The molecule has 0 radical (unpaired) electrons. The van der Waals surface area contributed by atoms with Gasteiger partial charge in [-0.1, -0.05) is 0 Å². The van der Waals surface area contributed by atoms with Crippen LogP contribution in [0.3, 0.4) is 0 Å². The third kappa shape index (κ3) is 2.47. The summed E-state index contributed by atoms with van der Waals surface area (Å²) in [5.74, 6) is 2.94. The Balaban J connectivity index is 1.93. The molecule has 2 aromatic carbocycles. The van der Waals surface area contributed by atoms with Crippen molar-refractivity contribution in [3.05, 3.63) is 52.5 Å². The van der Waals surface area contributed by atoms with Crippen molar-refractivity contribution >= 4 is 14.0 Å². The maximum atomic E-state index is 6.23. The van der Waals surface area contributed by atoms with Crippen LogP contribution in [0.1, 0.15) is 23.0 Å². The molecule has 0 saturated carbocycles. The molecule has 104 valence electrons. The Labute approximate surface area is 149 Å². The number of hydrogen-bond donors (Lipinski definition) is 0. The van der Waals surface area contributed by atoms with Gasteiger partial charge >= 0.3 is 151 Å². The molecule has 0 aliphatic carbocycles. The zero-order chi connectivity index (χ0) is 14.6. The number of likely N-dealkylation sites (tertiary alicyclic amines) is 1. The first-order chi connectivity index (χ1) is 10.1. The first kappa shape index (κ1) is 14.2. The van der Waals surface area contributed by atoms with E-state index in [4.69, 9.17) is 16.3 Å². The van der Waals surface area contributed by atoms with Gasteiger partial charge in [0.25, 0.3) is 0 Å². The molecule has 4 rings (SSSR count). The molecule has 1 saturated heterocycles. The molecule has 0 amide bonds. The summed E-state index contributed by atoms with van der Waals surface area (Å²) in [6.45, 7) is 2.14. The fourth-order valence-corrected chi connectivity index (χ4v) is 4.46. The summed E-state index contributed by atoms with van der Waals surface area (Å²) >= 11 is 7.37. The SMILES string of the molecule is CN1C[C@@H]2c3cc(Cl)ccc3Oc3cc[c]([Y])cc3[C@H]2C1. The molecular weight excluding hydrogens is 359 g/mol. The molecule has 0 N–H and O–H groups in total. The third-order valence-electron chi connectivity index (χ3n) is 4.53. The number of hydrogen-bond acceptors (Lipinski definition) is 2. The maximum absolute atomic E-state index is 6.23. The van der Waals surface area contributed by atoms with Crippen LogP contribution in [0.2, 0.25) is 5.02 Å². The van der Waals surface area contributed by atoms with Crippen LogP contribution in [0.4, 0.5) is 0 Å². The van der Waals surface area contributed by atoms with E-state index in [-0.39, 0.29) is 0 Å². The van der Waals surface area contributed by atoms with Gasteiger partial charge in [-0.2, -0.15) is 0 Å². The van der Waals surface area contributed by atoms with Crippen LogP contribution in [0.25, 0.3) is 0 Å². The number of nitrogens with zero attached hydrogens (tertiary/aromatic N) is 1. The van der Waals surface area contributed by atoms with E-state index in [1.807, 2.05) is 12.1 Å². The molecule has 0 unspecified atom stereocenters. The summed E-state index contributed by atoms with van der Waals surface area (Å²) in [6.07, 6.45) is 0. The van der Waals surface area contributed by atoms with Gasteiger partial charge in [-0.25, -0.2) is 0 Å². The molecule has 2 atom stereocenters. The predicted molar refractivity (Wildman–Crippen MR) is 80.6 cm³/mol. The molecule has 0 spiro atoms. The van der Waals surface area contributed by atoms with Crippen molar-refractivity contribution in [2.24, 2.45) is 0 Å². The Morgan fingerprint density at radius 2 is 1.67 bits per heavy atom. The quantitative estimate of drug-likeness (QED) is 0.701. The number of halogens is 1. The van der Waals surface area contributed by atoms with Gasteiger partial charge in [0.15, 0.2) is 0 Å². The van der Waals surface area contributed by atoms with E-state index in [9.17, 15) is 0 Å². The van der Waals surface area contributed by atoms with Crippen LogP contribution >= 0.6 is 11.6 Å². The van der Waals surface area contributed by atoms with E-state index in [1.165, 1.54) is 13.5 Å². The number of ether oxygens (including phenoxy) is 1. The molecule has 2 aliphatic rings. The average Bonchev–Trinajstić information content (AvgIpc) is 2.79. The van der Waals surface area contributed by atoms with Crippen molar-refractivity contribution in [3.8, 4) is 11.5 Å². The van der Waals surface area contributed by atoms with E-state index >= 15 is 0 Å².